The van der Waals surface area contributed by atoms with Crippen molar-refractivity contribution in [2.45, 2.75) is 32.2 Å². The molecule has 0 aromatic rings. The second kappa shape index (κ2) is 7.03. The highest BCUT2D eigenvalue weighted by Gasteiger charge is 2.29. The first-order valence-corrected chi connectivity index (χ1v) is 6.68. The molecule has 0 aromatic carbocycles. The fraction of sp³-hybridized carbons (Fsp3) is 0.533. The number of carbonyl (C=O) groups excluding carboxylic acids is 3. The average Bonchev–Trinajstić information content (AvgIpc) is 2.39. The van der Waals surface area contributed by atoms with Crippen molar-refractivity contribution in [3.8, 4) is 0 Å². The molecule has 0 bridgehead atoms. The van der Waals surface area contributed by atoms with Gasteiger partial charge in [0, 0.05) is 14.0 Å². The molecule has 0 saturated carbocycles. The summed E-state index contributed by atoms with van der Waals surface area (Å²) < 4.78 is 0. The van der Waals surface area contributed by atoms with Crippen molar-refractivity contribution >= 4 is 18.1 Å². The van der Waals surface area contributed by atoms with Gasteiger partial charge in [-0.05, 0) is 25.7 Å². The van der Waals surface area contributed by atoms with Crippen molar-refractivity contribution in [2.75, 3.05) is 13.6 Å². The van der Waals surface area contributed by atoms with E-state index >= 15 is 0 Å². The Morgan fingerprint density at radius 1 is 1.45 bits per heavy atom. The number of amides is 2. The lowest BCUT2D eigenvalue weighted by Gasteiger charge is -2.29. The van der Waals surface area contributed by atoms with Crippen molar-refractivity contribution in [2.24, 2.45) is 5.92 Å². The largest absolute Gasteiger partial charge is 0.343 e. The molecule has 0 spiro atoms. The zero-order valence-electron chi connectivity index (χ0n) is 12.3. The SMILES string of the molecule is CC(=O)N(C)CC(=O)N[C@](C)(C=O)CC1C=CC=CC1. The number of carbonyl (C=O) groups is 3. The van der Waals surface area contributed by atoms with Crippen molar-refractivity contribution in [3.63, 3.8) is 0 Å². The third-order valence-electron chi connectivity index (χ3n) is 3.36. The first-order valence-electron chi connectivity index (χ1n) is 6.68. The van der Waals surface area contributed by atoms with Gasteiger partial charge in [0.15, 0.2) is 0 Å². The van der Waals surface area contributed by atoms with Gasteiger partial charge in [-0.15, -0.1) is 0 Å². The molecule has 5 heteroatoms. The Morgan fingerprint density at radius 3 is 2.65 bits per heavy atom. The highest BCUT2D eigenvalue weighted by molar-refractivity contribution is 5.86. The summed E-state index contributed by atoms with van der Waals surface area (Å²) in [7, 11) is 1.55. The van der Waals surface area contributed by atoms with Crippen LogP contribution in [0.1, 0.15) is 26.7 Å². The van der Waals surface area contributed by atoms with Gasteiger partial charge in [-0.25, -0.2) is 0 Å². The van der Waals surface area contributed by atoms with Crippen LogP contribution in [0.2, 0.25) is 0 Å². The highest BCUT2D eigenvalue weighted by Crippen LogP contribution is 2.22. The summed E-state index contributed by atoms with van der Waals surface area (Å²) in [5.41, 5.74) is -0.908. The number of allylic oxidation sites excluding steroid dienone is 4. The third kappa shape index (κ3) is 4.99. The van der Waals surface area contributed by atoms with Gasteiger partial charge >= 0.3 is 0 Å². The fourth-order valence-electron chi connectivity index (χ4n) is 2.14. The van der Waals surface area contributed by atoms with Gasteiger partial charge in [0.1, 0.15) is 6.29 Å². The number of nitrogens with zero attached hydrogens (tertiary/aromatic N) is 1. The van der Waals surface area contributed by atoms with E-state index in [0.29, 0.717) is 6.42 Å². The van der Waals surface area contributed by atoms with E-state index in [-0.39, 0.29) is 24.3 Å². The monoisotopic (exact) mass is 278 g/mol. The first-order chi connectivity index (χ1) is 9.36. The third-order valence-corrected chi connectivity index (χ3v) is 3.36. The maximum Gasteiger partial charge on any atom is 0.240 e. The van der Waals surface area contributed by atoms with E-state index in [1.807, 2.05) is 24.3 Å². The Morgan fingerprint density at radius 2 is 2.15 bits per heavy atom. The average molecular weight is 278 g/mol. The second-order valence-corrected chi connectivity index (χ2v) is 5.47. The van der Waals surface area contributed by atoms with E-state index in [1.165, 1.54) is 11.8 Å². The summed E-state index contributed by atoms with van der Waals surface area (Å²) in [5.74, 6) is -0.276. The second-order valence-electron chi connectivity index (χ2n) is 5.47. The first kappa shape index (κ1) is 16.1. The normalized spacial score (nSPS) is 20.1. The molecule has 0 aromatic heterocycles. The van der Waals surface area contributed by atoms with Crippen molar-refractivity contribution in [1.82, 2.24) is 10.2 Å². The maximum absolute atomic E-state index is 11.9. The molecular formula is C15H22N2O3. The summed E-state index contributed by atoms with van der Waals surface area (Å²) >= 11 is 0. The quantitative estimate of drug-likeness (QED) is 0.739. The van der Waals surface area contributed by atoms with Gasteiger partial charge in [-0.3, -0.25) is 9.59 Å². The summed E-state index contributed by atoms with van der Waals surface area (Å²) in [4.78, 5) is 35.6. The lowest BCUT2D eigenvalue weighted by Crippen LogP contribution is -2.51. The van der Waals surface area contributed by atoms with Gasteiger partial charge in [0.2, 0.25) is 11.8 Å². The molecule has 1 rings (SSSR count). The lowest BCUT2D eigenvalue weighted by molar-refractivity contribution is -0.134. The van der Waals surface area contributed by atoms with Crippen LogP contribution in [0.15, 0.2) is 24.3 Å². The van der Waals surface area contributed by atoms with Crippen molar-refractivity contribution in [3.05, 3.63) is 24.3 Å². The number of hydrogen-bond acceptors (Lipinski definition) is 3. The topological polar surface area (TPSA) is 66.5 Å². The molecule has 0 saturated heterocycles. The zero-order valence-corrected chi connectivity index (χ0v) is 12.3. The maximum atomic E-state index is 11.9. The molecule has 2 amide bonds. The van der Waals surface area contributed by atoms with Gasteiger partial charge in [0.05, 0.1) is 12.1 Å². The number of aldehydes is 1. The van der Waals surface area contributed by atoms with Crippen molar-refractivity contribution in [1.29, 1.82) is 0 Å². The van der Waals surface area contributed by atoms with Crippen LogP contribution < -0.4 is 5.32 Å². The van der Waals surface area contributed by atoms with Gasteiger partial charge in [-0.1, -0.05) is 24.3 Å². The molecule has 1 N–H and O–H groups in total. The highest BCUT2D eigenvalue weighted by atomic mass is 16.2. The zero-order chi connectivity index (χ0) is 15.2. The minimum atomic E-state index is -0.908. The van der Waals surface area contributed by atoms with E-state index in [9.17, 15) is 14.4 Å². The smallest absolute Gasteiger partial charge is 0.240 e. The molecule has 5 nitrogen and oxygen atoms in total. The number of rotatable bonds is 6. The molecule has 1 unspecified atom stereocenters. The van der Waals surface area contributed by atoms with Crippen LogP contribution in [0, 0.1) is 5.92 Å². The Balaban J connectivity index is 2.57. The van der Waals surface area contributed by atoms with E-state index in [1.54, 1.807) is 14.0 Å². The Bertz CT molecular complexity index is 442. The molecule has 20 heavy (non-hydrogen) atoms. The summed E-state index contributed by atoms with van der Waals surface area (Å²) in [6.07, 6.45) is 10.2. The van der Waals surface area contributed by atoms with E-state index in [4.69, 9.17) is 0 Å². The predicted octanol–water partition coefficient (Wildman–Crippen LogP) is 1.06. The van der Waals surface area contributed by atoms with Gasteiger partial charge in [-0.2, -0.15) is 0 Å². The van der Waals surface area contributed by atoms with Crippen LogP contribution in [0.3, 0.4) is 0 Å². The lowest BCUT2D eigenvalue weighted by atomic mass is 9.86. The molecule has 1 aliphatic carbocycles. The van der Waals surface area contributed by atoms with Crippen LogP contribution in [-0.4, -0.2) is 42.1 Å². The predicted molar refractivity (Wildman–Crippen MR) is 76.9 cm³/mol. The van der Waals surface area contributed by atoms with Crippen LogP contribution in [0.4, 0.5) is 0 Å². The Kier molecular flexibility index (Phi) is 5.67. The van der Waals surface area contributed by atoms with E-state index in [2.05, 4.69) is 5.32 Å². The van der Waals surface area contributed by atoms with Gasteiger partial charge < -0.3 is 15.0 Å². The molecule has 110 valence electrons. The standard InChI is InChI=1S/C15H22N2O3/c1-12(19)17(3)10-14(20)16-15(2,11-18)9-13-7-5-4-6-8-13/h4-7,11,13H,8-10H2,1-3H3,(H,16,20)/t13?,15-/m0/s1. The number of nitrogens with one attached hydrogen (secondary N) is 1. The summed E-state index contributed by atoms with van der Waals surface area (Å²) in [5, 5.41) is 2.72. The molecule has 0 fully saturated rings. The number of hydrogen-bond donors (Lipinski definition) is 1. The van der Waals surface area contributed by atoms with E-state index in [0.717, 1.165) is 12.7 Å². The van der Waals surface area contributed by atoms with Crippen LogP contribution >= 0.6 is 0 Å². The minimum Gasteiger partial charge on any atom is -0.343 e. The van der Waals surface area contributed by atoms with Gasteiger partial charge in [0.25, 0.3) is 0 Å². The molecule has 2 atom stereocenters. The Hall–Kier alpha value is -1.91. The minimum absolute atomic E-state index is 0.0425. The molecular weight excluding hydrogens is 256 g/mol. The molecule has 1 aliphatic rings. The summed E-state index contributed by atoms with van der Waals surface area (Å²) in [6, 6.07) is 0. The van der Waals surface area contributed by atoms with E-state index < -0.39 is 5.54 Å². The fourth-order valence-corrected chi connectivity index (χ4v) is 2.14. The van der Waals surface area contributed by atoms with Crippen LogP contribution in [0.5, 0.6) is 0 Å². The summed E-state index contributed by atoms with van der Waals surface area (Å²) in [6.45, 7) is 3.06. The molecule has 0 radical (unpaired) electrons. The Labute approximate surface area is 119 Å². The molecule has 0 aliphatic heterocycles. The van der Waals surface area contributed by atoms with Crippen LogP contribution in [-0.2, 0) is 14.4 Å². The molecule has 0 heterocycles. The van der Waals surface area contributed by atoms with Crippen molar-refractivity contribution < 1.29 is 14.4 Å². The number of likely N-dealkylation sites (N-methyl/N-ethyl adjacent to an activating group) is 1. The van der Waals surface area contributed by atoms with Crippen LogP contribution in [0.25, 0.3) is 0 Å².